The number of benzene rings is 1. The molecule has 0 aliphatic carbocycles. The zero-order valence-electron chi connectivity index (χ0n) is 15.2. The van der Waals surface area contributed by atoms with Gasteiger partial charge in [-0.05, 0) is 66.8 Å². The van der Waals surface area contributed by atoms with Gasteiger partial charge in [-0.1, -0.05) is 0 Å². The number of aliphatic hydroxyl groups is 1. The Morgan fingerprint density at radius 3 is 2.38 bits per heavy atom. The molecular weight excluding hydrogens is 418 g/mol. The first-order valence-corrected chi connectivity index (χ1v) is 10.9. The maximum Gasteiger partial charge on any atom is 0.229 e. The second-order valence-electron chi connectivity index (χ2n) is 6.72. The van der Waals surface area contributed by atoms with Crippen LogP contribution in [-0.4, -0.2) is 43.1 Å². The van der Waals surface area contributed by atoms with Crippen LogP contribution < -0.4 is 15.4 Å². The Balaban J connectivity index is 2.14. The quantitative estimate of drug-likeness (QED) is 0.492. The number of hydrogen-bond donors (Lipinski definition) is 4. The fraction of sp³-hybridized carbons (Fsp3) is 0.353. The molecule has 0 spiro atoms. The SMILES string of the molecule is C=S(C)(=O)Nc1ccc(Nc2ncc(Br)c(N[C@H](C)C(C)(C)O)n2)cc1. The molecule has 0 saturated carbocycles. The van der Waals surface area contributed by atoms with E-state index in [2.05, 4.69) is 47.1 Å². The van der Waals surface area contributed by atoms with Gasteiger partial charge >= 0.3 is 0 Å². The Kier molecular flexibility index (Phi) is 6.15. The van der Waals surface area contributed by atoms with Crippen LogP contribution in [0.4, 0.5) is 23.1 Å². The second kappa shape index (κ2) is 7.81. The van der Waals surface area contributed by atoms with Crippen molar-refractivity contribution in [3.05, 3.63) is 34.9 Å². The average molecular weight is 442 g/mol. The minimum atomic E-state index is -2.31. The van der Waals surface area contributed by atoms with Crippen LogP contribution in [0, 0.1) is 0 Å². The Labute approximate surface area is 162 Å². The number of rotatable bonds is 7. The lowest BCUT2D eigenvalue weighted by molar-refractivity contribution is 0.0647. The molecular formula is C17H24BrN5O2S. The standard InChI is InChI=1S/C17H24BrN5O2S/c1-11(17(2,3)24)20-15-14(18)10-19-16(22-15)21-12-6-8-13(9-7-12)23-26(4,5)25/h6-11,24H,4H2,1-3,5H3,(H,23,25)(H2,19,20,21,22)/t11-,26?/m1/s1. The predicted molar refractivity (Wildman–Crippen MR) is 114 cm³/mol. The molecule has 26 heavy (non-hydrogen) atoms. The van der Waals surface area contributed by atoms with Gasteiger partial charge in [-0.15, -0.1) is 0 Å². The van der Waals surface area contributed by atoms with Gasteiger partial charge in [0, 0.05) is 33.5 Å². The fourth-order valence-corrected chi connectivity index (χ4v) is 2.85. The Morgan fingerprint density at radius 2 is 1.85 bits per heavy atom. The lowest BCUT2D eigenvalue weighted by Gasteiger charge is -2.27. The van der Waals surface area contributed by atoms with Crippen molar-refractivity contribution in [3.8, 4) is 0 Å². The molecule has 0 aliphatic heterocycles. The predicted octanol–water partition coefficient (Wildman–Crippen LogP) is 3.23. The molecule has 4 N–H and O–H groups in total. The first-order valence-electron chi connectivity index (χ1n) is 7.92. The summed E-state index contributed by atoms with van der Waals surface area (Å²) in [4.78, 5) is 8.68. The monoisotopic (exact) mass is 441 g/mol. The number of halogens is 1. The topological polar surface area (TPSA) is 99.2 Å². The summed E-state index contributed by atoms with van der Waals surface area (Å²) in [5.41, 5.74) is 0.606. The Hall–Kier alpha value is -1.84. The first-order chi connectivity index (χ1) is 11.9. The Bertz CT molecular complexity index is 864. The zero-order valence-corrected chi connectivity index (χ0v) is 17.6. The summed E-state index contributed by atoms with van der Waals surface area (Å²) in [6, 6.07) is 7.03. The van der Waals surface area contributed by atoms with Gasteiger partial charge < -0.3 is 20.5 Å². The molecule has 0 bridgehead atoms. The lowest BCUT2D eigenvalue weighted by atomic mass is 10.0. The van der Waals surface area contributed by atoms with Gasteiger partial charge in [0.2, 0.25) is 5.95 Å². The van der Waals surface area contributed by atoms with Crippen LogP contribution in [0.2, 0.25) is 0 Å². The molecule has 0 aliphatic rings. The van der Waals surface area contributed by atoms with E-state index in [1.165, 1.54) is 6.26 Å². The van der Waals surface area contributed by atoms with E-state index >= 15 is 0 Å². The molecule has 2 aromatic rings. The molecule has 0 radical (unpaired) electrons. The average Bonchev–Trinajstić information content (AvgIpc) is 2.50. The van der Waals surface area contributed by atoms with Crippen molar-refractivity contribution in [2.75, 3.05) is 21.6 Å². The third-order valence-electron chi connectivity index (χ3n) is 3.63. The van der Waals surface area contributed by atoms with Crippen LogP contribution in [0.3, 0.4) is 0 Å². The van der Waals surface area contributed by atoms with E-state index in [-0.39, 0.29) is 6.04 Å². The van der Waals surface area contributed by atoms with E-state index < -0.39 is 15.3 Å². The highest BCUT2D eigenvalue weighted by Crippen LogP contribution is 2.25. The van der Waals surface area contributed by atoms with Crippen molar-refractivity contribution in [2.24, 2.45) is 0 Å². The number of aromatic nitrogens is 2. The third kappa shape index (κ3) is 6.15. The maximum atomic E-state index is 11.7. The van der Waals surface area contributed by atoms with E-state index in [0.717, 1.165) is 11.4 Å². The van der Waals surface area contributed by atoms with Gasteiger partial charge in [-0.2, -0.15) is 4.98 Å². The largest absolute Gasteiger partial charge is 0.388 e. The minimum absolute atomic E-state index is 0.210. The molecule has 0 fully saturated rings. The highest BCUT2D eigenvalue weighted by Gasteiger charge is 2.23. The molecule has 0 saturated heterocycles. The van der Waals surface area contributed by atoms with E-state index in [1.54, 1.807) is 32.2 Å². The van der Waals surface area contributed by atoms with Gasteiger partial charge in [0.05, 0.1) is 16.1 Å². The van der Waals surface area contributed by atoms with Crippen LogP contribution in [0.1, 0.15) is 20.8 Å². The summed E-state index contributed by atoms with van der Waals surface area (Å²) in [6.07, 6.45) is 3.18. The van der Waals surface area contributed by atoms with Crippen molar-refractivity contribution >= 4 is 54.6 Å². The summed E-state index contributed by atoms with van der Waals surface area (Å²) in [7, 11) is -2.31. The molecule has 1 heterocycles. The summed E-state index contributed by atoms with van der Waals surface area (Å²) < 4.78 is 15.2. The molecule has 0 amide bonds. The lowest BCUT2D eigenvalue weighted by Crippen LogP contribution is -2.39. The molecule has 2 rings (SSSR count). The van der Waals surface area contributed by atoms with Crippen molar-refractivity contribution in [3.63, 3.8) is 0 Å². The number of anilines is 4. The van der Waals surface area contributed by atoms with Crippen LogP contribution in [0.15, 0.2) is 34.9 Å². The smallest absolute Gasteiger partial charge is 0.229 e. The van der Waals surface area contributed by atoms with Crippen molar-refractivity contribution < 1.29 is 9.32 Å². The van der Waals surface area contributed by atoms with E-state index in [1.807, 2.05) is 19.1 Å². The molecule has 7 nitrogen and oxygen atoms in total. The molecule has 1 aromatic carbocycles. The van der Waals surface area contributed by atoms with Crippen molar-refractivity contribution in [1.82, 2.24) is 9.97 Å². The molecule has 2 atom stereocenters. The molecule has 1 aromatic heterocycles. The van der Waals surface area contributed by atoms with Gasteiger partial charge in [-0.3, -0.25) is 0 Å². The van der Waals surface area contributed by atoms with Crippen LogP contribution in [0.25, 0.3) is 0 Å². The van der Waals surface area contributed by atoms with Crippen molar-refractivity contribution in [1.29, 1.82) is 0 Å². The molecule has 142 valence electrons. The normalized spacial score (nSPS) is 15.0. The van der Waals surface area contributed by atoms with Gasteiger partial charge in [0.1, 0.15) is 5.82 Å². The van der Waals surface area contributed by atoms with Gasteiger partial charge in [-0.25, -0.2) is 9.19 Å². The molecule has 9 heteroatoms. The second-order valence-corrected chi connectivity index (χ2v) is 9.79. The minimum Gasteiger partial charge on any atom is -0.388 e. The van der Waals surface area contributed by atoms with Gasteiger partial charge in [0.15, 0.2) is 0 Å². The summed E-state index contributed by atoms with van der Waals surface area (Å²) in [5.74, 6) is 4.56. The number of nitrogens with zero attached hydrogens (tertiary/aromatic N) is 2. The number of nitrogens with one attached hydrogen (secondary N) is 3. The van der Waals surface area contributed by atoms with Gasteiger partial charge in [0.25, 0.3) is 0 Å². The highest BCUT2D eigenvalue weighted by atomic mass is 79.9. The number of hydrogen-bond acceptors (Lipinski definition) is 6. The zero-order chi connectivity index (χ0) is 19.5. The summed E-state index contributed by atoms with van der Waals surface area (Å²) in [6.45, 7) is 5.34. The van der Waals surface area contributed by atoms with Crippen molar-refractivity contribution in [2.45, 2.75) is 32.4 Å². The Morgan fingerprint density at radius 1 is 1.27 bits per heavy atom. The van der Waals surface area contributed by atoms with Crippen LogP contribution >= 0.6 is 15.9 Å². The fourth-order valence-electron chi connectivity index (χ4n) is 1.91. The van der Waals surface area contributed by atoms with E-state index in [9.17, 15) is 9.32 Å². The molecule has 1 unspecified atom stereocenters. The van der Waals surface area contributed by atoms with Crippen LogP contribution in [-0.2, 0) is 9.71 Å². The maximum absolute atomic E-state index is 11.7. The highest BCUT2D eigenvalue weighted by molar-refractivity contribution is 9.10. The van der Waals surface area contributed by atoms with E-state index in [4.69, 9.17) is 0 Å². The summed E-state index contributed by atoms with van der Waals surface area (Å²) in [5, 5.41) is 16.4. The first kappa shape index (κ1) is 20.5. The van der Waals surface area contributed by atoms with Crippen LogP contribution in [0.5, 0.6) is 0 Å². The van der Waals surface area contributed by atoms with E-state index in [0.29, 0.717) is 16.2 Å². The summed E-state index contributed by atoms with van der Waals surface area (Å²) >= 11 is 3.41. The third-order valence-corrected chi connectivity index (χ3v) is 4.88.